The van der Waals surface area contributed by atoms with Crippen molar-refractivity contribution in [2.45, 2.75) is 43.8 Å². The van der Waals surface area contributed by atoms with E-state index in [9.17, 15) is 18.0 Å². The molecule has 11 heteroatoms. The highest BCUT2D eigenvalue weighted by molar-refractivity contribution is 7.80. The fourth-order valence-corrected chi connectivity index (χ4v) is 5.07. The van der Waals surface area contributed by atoms with E-state index in [1.54, 1.807) is 0 Å². The van der Waals surface area contributed by atoms with E-state index in [-0.39, 0.29) is 18.5 Å². The number of hydrogen-bond acceptors (Lipinski definition) is 6. The first-order valence-electron chi connectivity index (χ1n) is 8.61. The van der Waals surface area contributed by atoms with Gasteiger partial charge in [0.25, 0.3) is 0 Å². The summed E-state index contributed by atoms with van der Waals surface area (Å²) in [6.07, 6.45) is 3.06. The number of carbonyl (C=O) groups excluding carboxylic acids is 2. The first-order valence-corrected chi connectivity index (χ1v) is 9.98. The summed E-state index contributed by atoms with van der Waals surface area (Å²) in [5.74, 6) is 0.657. The van der Waals surface area contributed by atoms with Crippen LogP contribution in [0.1, 0.15) is 25.7 Å². The second-order valence-electron chi connectivity index (χ2n) is 7.30. The summed E-state index contributed by atoms with van der Waals surface area (Å²) in [6.45, 7) is 2.01. The largest absolute Gasteiger partial charge is 0.418 e. The Kier molecular flexibility index (Phi) is 4.13. The smallest absolute Gasteiger partial charge is 0.351 e. The van der Waals surface area contributed by atoms with Crippen LogP contribution >= 0.6 is 0 Å². The Balaban J connectivity index is 1.44. The standard InChI is InChI=1S/C14H22N4O6S/c19-13(16-12-8-1-2-9(12)6-15-5-8)11-4-3-10-7-17(11)14(20)18(10)24-25(21,22)23/h8-12,15H,1-7H2,(H,16,19)(H,21,22,23)/t8-,9+,10-,11+,12?/m1/s1. The van der Waals surface area contributed by atoms with Crippen LogP contribution in [0.4, 0.5) is 4.79 Å². The maximum atomic E-state index is 12.8. The number of hydrogen-bond donors (Lipinski definition) is 3. The van der Waals surface area contributed by atoms with E-state index in [1.807, 2.05) is 0 Å². The van der Waals surface area contributed by atoms with Crippen molar-refractivity contribution >= 4 is 22.3 Å². The molecule has 1 unspecified atom stereocenters. The minimum absolute atomic E-state index is 0.134. The third-order valence-electron chi connectivity index (χ3n) is 5.85. The van der Waals surface area contributed by atoms with Crippen molar-refractivity contribution in [2.75, 3.05) is 19.6 Å². The summed E-state index contributed by atoms with van der Waals surface area (Å²) in [6, 6.07) is -1.68. The Hall–Kier alpha value is -1.43. The van der Waals surface area contributed by atoms with Crippen LogP contribution in [-0.2, 0) is 19.5 Å². The number of urea groups is 1. The summed E-state index contributed by atoms with van der Waals surface area (Å²) >= 11 is 0. The molecule has 4 bridgehead atoms. The molecule has 5 atom stereocenters. The van der Waals surface area contributed by atoms with Gasteiger partial charge in [0.1, 0.15) is 6.04 Å². The highest BCUT2D eigenvalue weighted by atomic mass is 32.3. The van der Waals surface area contributed by atoms with Crippen molar-refractivity contribution in [3.05, 3.63) is 0 Å². The normalized spacial score (nSPS) is 37.5. The molecule has 3 N–H and O–H groups in total. The van der Waals surface area contributed by atoms with Gasteiger partial charge < -0.3 is 15.5 Å². The molecule has 4 aliphatic rings. The number of amides is 3. The van der Waals surface area contributed by atoms with E-state index in [4.69, 9.17) is 4.55 Å². The van der Waals surface area contributed by atoms with Gasteiger partial charge in [-0.3, -0.25) is 9.35 Å². The van der Waals surface area contributed by atoms with E-state index >= 15 is 0 Å². The van der Waals surface area contributed by atoms with Gasteiger partial charge in [0.15, 0.2) is 0 Å². The summed E-state index contributed by atoms with van der Waals surface area (Å²) in [7, 11) is -4.77. The molecule has 3 aliphatic heterocycles. The summed E-state index contributed by atoms with van der Waals surface area (Å²) in [5.41, 5.74) is 0. The van der Waals surface area contributed by atoms with Crippen LogP contribution < -0.4 is 10.6 Å². The molecule has 1 saturated carbocycles. The van der Waals surface area contributed by atoms with Gasteiger partial charge in [-0.1, -0.05) is 0 Å². The van der Waals surface area contributed by atoms with Gasteiger partial charge in [-0.15, -0.1) is 4.28 Å². The molecule has 3 saturated heterocycles. The van der Waals surface area contributed by atoms with Crippen LogP contribution in [0.5, 0.6) is 0 Å². The number of nitrogens with zero attached hydrogens (tertiary/aromatic N) is 2. The molecule has 1 aliphatic carbocycles. The van der Waals surface area contributed by atoms with Gasteiger partial charge in [-0.25, -0.2) is 4.79 Å². The zero-order valence-electron chi connectivity index (χ0n) is 13.6. The van der Waals surface area contributed by atoms with Crippen molar-refractivity contribution in [2.24, 2.45) is 11.8 Å². The van der Waals surface area contributed by atoms with E-state index < -0.39 is 28.5 Å². The maximum absolute atomic E-state index is 12.8. The zero-order valence-corrected chi connectivity index (χ0v) is 14.4. The molecule has 4 fully saturated rings. The molecule has 0 radical (unpaired) electrons. The van der Waals surface area contributed by atoms with Gasteiger partial charge in [0, 0.05) is 12.6 Å². The number of hydroxylamine groups is 2. The van der Waals surface area contributed by atoms with Crippen molar-refractivity contribution < 1.29 is 26.8 Å². The van der Waals surface area contributed by atoms with Crippen LogP contribution in [0.25, 0.3) is 0 Å². The van der Waals surface area contributed by atoms with Crippen LogP contribution in [0, 0.1) is 11.8 Å². The van der Waals surface area contributed by atoms with Gasteiger partial charge in [0.2, 0.25) is 5.91 Å². The van der Waals surface area contributed by atoms with Crippen LogP contribution in [0.3, 0.4) is 0 Å². The minimum atomic E-state index is -4.77. The quantitative estimate of drug-likeness (QED) is 0.544. The minimum Gasteiger partial charge on any atom is -0.351 e. The molecule has 140 valence electrons. The molecule has 4 rings (SSSR count). The van der Waals surface area contributed by atoms with Crippen LogP contribution in [0.2, 0.25) is 0 Å². The monoisotopic (exact) mass is 374 g/mol. The molecule has 0 aromatic heterocycles. The van der Waals surface area contributed by atoms with E-state index in [2.05, 4.69) is 14.9 Å². The highest BCUT2D eigenvalue weighted by Gasteiger charge is 2.50. The van der Waals surface area contributed by atoms with E-state index in [0.717, 1.165) is 25.9 Å². The summed E-state index contributed by atoms with van der Waals surface area (Å²) < 4.78 is 35.0. The number of fused-ring (bicyclic) bond motifs is 4. The topological polar surface area (TPSA) is 128 Å². The third-order valence-corrected chi connectivity index (χ3v) is 6.19. The highest BCUT2D eigenvalue weighted by Crippen LogP contribution is 2.35. The lowest BCUT2D eigenvalue weighted by molar-refractivity contribution is -0.127. The fraction of sp³-hybridized carbons (Fsp3) is 0.857. The van der Waals surface area contributed by atoms with Crippen molar-refractivity contribution in [1.29, 1.82) is 0 Å². The van der Waals surface area contributed by atoms with Gasteiger partial charge in [0.05, 0.1) is 6.04 Å². The number of piperidine rings is 2. The van der Waals surface area contributed by atoms with Gasteiger partial charge in [-0.05, 0) is 50.6 Å². The molecular formula is C14H22N4O6S. The number of carbonyl (C=O) groups is 2. The predicted molar refractivity (Wildman–Crippen MR) is 84.4 cm³/mol. The Bertz CT molecular complexity index is 669. The van der Waals surface area contributed by atoms with Crippen molar-refractivity contribution in [3.8, 4) is 0 Å². The molecule has 0 aromatic rings. The van der Waals surface area contributed by atoms with Crippen molar-refractivity contribution in [1.82, 2.24) is 20.6 Å². The van der Waals surface area contributed by atoms with Crippen molar-refractivity contribution in [3.63, 3.8) is 0 Å². The Morgan fingerprint density at radius 3 is 2.52 bits per heavy atom. The average molecular weight is 374 g/mol. The van der Waals surface area contributed by atoms with Crippen LogP contribution in [-0.4, -0.2) is 72.6 Å². The molecule has 0 spiro atoms. The molecule has 3 heterocycles. The fourth-order valence-electron chi connectivity index (χ4n) is 4.68. The molecule has 0 aromatic carbocycles. The molecule has 25 heavy (non-hydrogen) atoms. The first-order chi connectivity index (χ1) is 11.8. The lowest BCUT2D eigenvalue weighted by atomic mass is 9.92. The van der Waals surface area contributed by atoms with E-state index in [1.165, 1.54) is 4.90 Å². The Labute approximate surface area is 145 Å². The molecule has 10 nitrogen and oxygen atoms in total. The maximum Gasteiger partial charge on any atom is 0.418 e. The number of nitrogens with one attached hydrogen (secondary N) is 2. The zero-order chi connectivity index (χ0) is 17.8. The predicted octanol–water partition coefficient (Wildman–Crippen LogP) is -0.896. The Morgan fingerprint density at radius 2 is 1.88 bits per heavy atom. The third kappa shape index (κ3) is 3.09. The summed E-state index contributed by atoms with van der Waals surface area (Å²) in [4.78, 5) is 26.5. The lowest BCUT2D eigenvalue weighted by Gasteiger charge is -2.35. The van der Waals surface area contributed by atoms with Gasteiger partial charge >= 0.3 is 16.4 Å². The molecular weight excluding hydrogens is 352 g/mol. The van der Waals surface area contributed by atoms with E-state index in [0.29, 0.717) is 29.7 Å². The molecule has 3 amide bonds. The second-order valence-corrected chi connectivity index (χ2v) is 8.30. The lowest BCUT2D eigenvalue weighted by Crippen LogP contribution is -2.57. The number of rotatable bonds is 4. The Morgan fingerprint density at radius 1 is 1.20 bits per heavy atom. The average Bonchev–Trinajstić information content (AvgIpc) is 2.90. The first kappa shape index (κ1) is 17.0. The SMILES string of the molecule is O=C(NC1[C@@H]2CC[C@H]1CNC2)[C@@H]1CC[C@@H]2CN1C(=O)N2OS(=O)(=O)O. The summed E-state index contributed by atoms with van der Waals surface area (Å²) in [5, 5.41) is 7.15. The van der Waals surface area contributed by atoms with Crippen LogP contribution in [0.15, 0.2) is 0 Å². The second kappa shape index (κ2) is 6.08. The van der Waals surface area contributed by atoms with Gasteiger partial charge in [-0.2, -0.15) is 13.5 Å².